The normalized spacial score (nSPS) is 9.71. The molecule has 0 amide bonds. The Labute approximate surface area is 88.2 Å². The van der Waals surface area contributed by atoms with Crippen LogP contribution >= 0.6 is 15.9 Å². The molecular weight excluding hydrogens is 246 g/mol. The molecule has 0 aromatic carbocycles. The highest BCUT2D eigenvalue weighted by atomic mass is 79.9. The average molecular weight is 250 g/mol. The van der Waals surface area contributed by atoms with Crippen molar-refractivity contribution < 1.29 is 0 Å². The zero-order chi connectivity index (χ0) is 9.97. The van der Waals surface area contributed by atoms with Crippen molar-refractivity contribution >= 4 is 15.9 Å². The van der Waals surface area contributed by atoms with Gasteiger partial charge in [0, 0.05) is 10.7 Å². The average Bonchev–Trinajstić information content (AvgIpc) is 2.67. The molecule has 2 aromatic rings. The molecule has 14 heavy (non-hydrogen) atoms. The summed E-state index contributed by atoms with van der Waals surface area (Å²) in [6.45, 7) is 0. The van der Waals surface area contributed by atoms with Gasteiger partial charge in [0.05, 0.1) is 0 Å². The summed E-state index contributed by atoms with van der Waals surface area (Å²) in [6.07, 6.45) is 3.11. The number of hydrogen-bond acceptors (Lipinski definition) is 4. The summed E-state index contributed by atoms with van der Waals surface area (Å²) in [7, 11) is 0. The van der Waals surface area contributed by atoms with E-state index in [2.05, 4.69) is 31.0 Å². The van der Waals surface area contributed by atoms with Gasteiger partial charge in [-0.25, -0.2) is 14.6 Å². The Hall–Kier alpha value is -1.74. The van der Waals surface area contributed by atoms with Crippen LogP contribution in [-0.2, 0) is 0 Å². The van der Waals surface area contributed by atoms with E-state index in [9.17, 15) is 0 Å². The van der Waals surface area contributed by atoms with Crippen LogP contribution in [0.1, 0.15) is 5.82 Å². The van der Waals surface area contributed by atoms with Gasteiger partial charge in [-0.3, -0.25) is 0 Å². The molecule has 0 spiro atoms. The highest BCUT2D eigenvalue weighted by Crippen LogP contribution is 2.09. The van der Waals surface area contributed by atoms with Gasteiger partial charge in [0.25, 0.3) is 5.82 Å². The smallest absolute Gasteiger partial charge is 0.236 e. The Bertz CT molecular complexity index is 481. The van der Waals surface area contributed by atoms with Crippen LogP contribution in [0.3, 0.4) is 0 Å². The van der Waals surface area contributed by atoms with Crippen molar-refractivity contribution in [3.8, 4) is 11.9 Å². The van der Waals surface area contributed by atoms with E-state index in [0.29, 0.717) is 5.82 Å². The SMILES string of the molecule is N#Cc1ncn(-c2ccc(Br)cn2)n1. The number of halogens is 1. The summed E-state index contributed by atoms with van der Waals surface area (Å²) in [4.78, 5) is 7.87. The van der Waals surface area contributed by atoms with Crippen LogP contribution in [0.5, 0.6) is 0 Å². The molecule has 0 saturated carbocycles. The van der Waals surface area contributed by atoms with Gasteiger partial charge < -0.3 is 0 Å². The lowest BCUT2D eigenvalue weighted by Crippen LogP contribution is -1.97. The molecule has 2 heterocycles. The lowest BCUT2D eigenvalue weighted by atomic mass is 10.5. The van der Waals surface area contributed by atoms with Crippen molar-refractivity contribution in [2.24, 2.45) is 0 Å². The molecule has 6 heteroatoms. The molecule has 68 valence electrons. The fraction of sp³-hybridized carbons (Fsp3) is 0. The molecule has 5 nitrogen and oxygen atoms in total. The molecule has 0 bridgehead atoms. The highest BCUT2D eigenvalue weighted by Gasteiger charge is 2.01. The quantitative estimate of drug-likeness (QED) is 0.764. The molecule has 0 aliphatic rings. The van der Waals surface area contributed by atoms with Gasteiger partial charge in [0.1, 0.15) is 12.4 Å². The van der Waals surface area contributed by atoms with Crippen molar-refractivity contribution in [2.75, 3.05) is 0 Å². The lowest BCUT2D eigenvalue weighted by Gasteiger charge is -1.97. The van der Waals surface area contributed by atoms with Crippen LogP contribution in [-0.4, -0.2) is 19.7 Å². The van der Waals surface area contributed by atoms with Crippen LogP contribution in [0, 0.1) is 11.3 Å². The minimum absolute atomic E-state index is 0.134. The van der Waals surface area contributed by atoms with Gasteiger partial charge in [0.2, 0.25) is 0 Å². The Morgan fingerprint density at radius 2 is 2.21 bits per heavy atom. The number of pyridine rings is 1. The van der Waals surface area contributed by atoms with Gasteiger partial charge in [-0.15, -0.1) is 5.10 Å². The molecule has 0 aliphatic carbocycles. The summed E-state index contributed by atoms with van der Waals surface area (Å²) >= 11 is 3.28. The number of hydrogen-bond donors (Lipinski definition) is 0. The van der Waals surface area contributed by atoms with Crippen LogP contribution in [0.15, 0.2) is 29.1 Å². The van der Waals surface area contributed by atoms with E-state index in [1.165, 1.54) is 11.0 Å². The van der Waals surface area contributed by atoms with Crippen LogP contribution < -0.4 is 0 Å². The molecule has 0 fully saturated rings. The number of nitrogens with zero attached hydrogens (tertiary/aromatic N) is 5. The second kappa shape index (κ2) is 3.55. The Kier molecular flexibility index (Phi) is 2.24. The monoisotopic (exact) mass is 249 g/mol. The van der Waals surface area contributed by atoms with Crippen molar-refractivity contribution in [1.82, 2.24) is 19.7 Å². The number of nitriles is 1. The van der Waals surface area contributed by atoms with Crippen LogP contribution in [0.2, 0.25) is 0 Å². The van der Waals surface area contributed by atoms with Gasteiger partial charge in [-0.1, -0.05) is 0 Å². The molecular formula is C8H4BrN5. The third kappa shape index (κ3) is 1.63. The van der Waals surface area contributed by atoms with Gasteiger partial charge >= 0.3 is 0 Å². The van der Waals surface area contributed by atoms with Gasteiger partial charge in [-0.2, -0.15) is 5.26 Å². The maximum atomic E-state index is 8.53. The maximum absolute atomic E-state index is 8.53. The largest absolute Gasteiger partial charge is 0.252 e. The van der Waals surface area contributed by atoms with Crippen molar-refractivity contribution in [3.05, 3.63) is 35.0 Å². The predicted octanol–water partition coefficient (Wildman–Crippen LogP) is 1.30. The lowest BCUT2D eigenvalue weighted by molar-refractivity contribution is 0.839. The Morgan fingerprint density at radius 3 is 2.79 bits per heavy atom. The van der Waals surface area contributed by atoms with E-state index in [-0.39, 0.29) is 5.82 Å². The Morgan fingerprint density at radius 1 is 1.36 bits per heavy atom. The third-order valence-corrected chi connectivity index (χ3v) is 2.01. The molecule has 0 atom stereocenters. The second-order valence-corrected chi connectivity index (χ2v) is 3.37. The second-order valence-electron chi connectivity index (χ2n) is 2.46. The zero-order valence-corrected chi connectivity index (χ0v) is 8.51. The summed E-state index contributed by atoms with van der Waals surface area (Å²) < 4.78 is 2.34. The minimum Gasteiger partial charge on any atom is -0.236 e. The van der Waals surface area contributed by atoms with Crippen molar-refractivity contribution in [1.29, 1.82) is 5.26 Å². The van der Waals surface area contributed by atoms with Gasteiger partial charge in [0.15, 0.2) is 5.82 Å². The molecule has 2 rings (SSSR count). The van der Waals surface area contributed by atoms with E-state index >= 15 is 0 Å². The van der Waals surface area contributed by atoms with E-state index in [4.69, 9.17) is 5.26 Å². The first-order valence-electron chi connectivity index (χ1n) is 3.73. The zero-order valence-electron chi connectivity index (χ0n) is 6.92. The summed E-state index contributed by atoms with van der Waals surface area (Å²) in [5, 5.41) is 12.4. The molecule has 0 saturated heterocycles. The summed E-state index contributed by atoms with van der Waals surface area (Å²) in [6, 6.07) is 5.47. The van der Waals surface area contributed by atoms with Gasteiger partial charge in [-0.05, 0) is 28.1 Å². The molecule has 0 unspecified atom stereocenters. The fourth-order valence-electron chi connectivity index (χ4n) is 0.928. The van der Waals surface area contributed by atoms with Crippen LogP contribution in [0.25, 0.3) is 5.82 Å². The fourth-order valence-corrected chi connectivity index (χ4v) is 1.16. The topological polar surface area (TPSA) is 67.4 Å². The van der Waals surface area contributed by atoms with E-state index in [1.807, 2.05) is 12.1 Å². The third-order valence-electron chi connectivity index (χ3n) is 1.54. The first-order chi connectivity index (χ1) is 6.79. The molecule has 0 aliphatic heterocycles. The highest BCUT2D eigenvalue weighted by molar-refractivity contribution is 9.10. The van der Waals surface area contributed by atoms with Crippen molar-refractivity contribution in [2.45, 2.75) is 0 Å². The van der Waals surface area contributed by atoms with E-state index < -0.39 is 0 Å². The maximum Gasteiger partial charge on any atom is 0.252 e. The molecule has 2 aromatic heterocycles. The minimum atomic E-state index is 0.134. The first-order valence-corrected chi connectivity index (χ1v) is 4.52. The molecule has 0 N–H and O–H groups in total. The summed E-state index contributed by atoms with van der Waals surface area (Å²) in [5.74, 6) is 0.761. The Balaban J connectivity index is 2.40. The first kappa shape index (κ1) is 8.84. The standard InChI is InChI=1S/C8H4BrN5/c9-6-1-2-8(11-4-6)14-5-12-7(3-10)13-14/h1-2,4-5H. The number of rotatable bonds is 1. The predicted molar refractivity (Wildman–Crippen MR) is 51.6 cm³/mol. The summed E-state index contributed by atoms with van der Waals surface area (Å²) in [5.41, 5.74) is 0. The van der Waals surface area contributed by atoms with Crippen LogP contribution in [0.4, 0.5) is 0 Å². The number of aromatic nitrogens is 4. The van der Waals surface area contributed by atoms with E-state index in [1.54, 1.807) is 12.3 Å². The molecule has 0 radical (unpaired) electrons. The van der Waals surface area contributed by atoms with E-state index in [0.717, 1.165) is 4.47 Å². The van der Waals surface area contributed by atoms with Crippen molar-refractivity contribution in [3.63, 3.8) is 0 Å².